The Morgan fingerprint density at radius 3 is 2.95 bits per heavy atom. The summed E-state index contributed by atoms with van der Waals surface area (Å²) in [5, 5.41) is 3.24. The van der Waals surface area contributed by atoms with Crippen LogP contribution in [0.1, 0.15) is 12.8 Å². The summed E-state index contributed by atoms with van der Waals surface area (Å²) in [5.74, 6) is 1.03. The van der Waals surface area contributed by atoms with Crippen molar-refractivity contribution in [2.24, 2.45) is 10.7 Å². The number of alkyl halides is 3. The maximum atomic E-state index is 12.1. The highest BCUT2D eigenvalue weighted by molar-refractivity contribution is 8.00. The van der Waals surface area contributed by atoms with Gasteiger partial charge in [0.05, 0.1) is 6.54 Å². The third kappa shape index (κ3) is 5.74. The number of hydrogen-bond acceptors (Lipinski definition) is 3. The smallest absolute Gasteiger partial charge is 0.406 e. The zero-order valence-corrected chi connectivity index (χ0v) is 12.0. The average molecular weight is 319 g/mol. The molecule has 0 spiro atoms. The lowest BCUT2D eigenvalue weighted by molar-refractivity contribution is -0.274. The zero-order chi connectivity index (χ0) is 15.3. The number of aliphatic imine (C=N–C) groups is 1. The molecule has 21 heavy (non-hydrogen) atoms. The summed E-state index contributed by atoms with van der Waals surface area (Å²) in [6.07, 6.45) is -2.40. The number of nitrogens with two attached hydrogens (primary N) is 1. The van der Waals surface area contributed by atoms with Gasteiger partial charge in [0.2, 0.25) is 0 Å². The van der Waals surface area contributed by atoms with Crippen LogP contribution in [0.15, 0.2) is 29.3 Å². The SMILES string of the molecule is NC(=NCC1CCCS1)Nc1cccc(OC(F)(F)F)c1. The molecular weight excluding hydrogens is 303 g/mol. The molecular formula is C13H16F3N3OS. The summed E-state index contributed by atoms with van der Waals surface area (Å²) in [6, 6.07) is 5.49. The minimum Gasteiger partial charge on any atom is -0.406 e. The van der Waals surface area contributed by atoms with E-state index < -0.39 is 6.36 Å². The maximum absolute atomic E-state index is 12.1. The Kier molecular flexibility index (Phi) is 5.22. The van der Waals surface area contributed by atoms with Crippen molar-refractivity contribution in [1.82, 2.24) is 0 Å². The van der Waals surface area contributed by atoms with E-state index in [0.717, 1.165) is 12.2 Å². The first-order valence-electron chi connectivity index (χ1n) is 6.47. The average Bonchev–Trinajstić information content (AvgIpc) is 2.87. The second-order valence-corrected chi connectivity index (χ2v) is 5.97. The van der Waals surface area contributed by atoms with Crippen molar-refractivity contribution >= 4 is 23.4 Å². The highest BCUT2D eigenvalue weighted by Gasteiger charge is 2.31. The summed E-state index contributed by atoms with van der Waals surface area (Å²) in [6.45, 7) is 0.613. The quantitative estimate of drug-likeness (QED) is 0.661. The maximum Gasteiger partial charge on any atom is 0.573 e. The van der Waals surface area contributed by atoms with Crippen LogP contribution in [-0.2, 0) is 0 Å². The van der Waals surface area contributed by atoms with Crippen molar-refractivity contribution in [2.75, 3.05) is 17.6 Å². The second-order valence-electron chi connectivity index (χ2n) is 4.56. The van der Waals surface area contributed by atoms with Crippen molar-refractivity contribution in [1.29, 1.82) is 0 Å². The first-order chi connectivity index (χ1) is 9.92. The predicted molar refractivity (Wildman–Crippen MR) is 78.7 cm³/mol. The van der Waals surface area contributed by atoms with Crippen LogP contribution in [0.25, 0.3) is 0 Å². The third-order valence-electron chi connectivity index (χ3n) is 2.83. The zero-order valence-electron chi connectivity index (χ0n) is 11.2. The van der Waals surface area contributed by atoms with Crippen molar-refractivity contribution in [3.63, 3.8) is 0 Å². The van der Waals surface area contributed by atoms with Gasteiger partial charge in [-0.3, -0.25) is 4.99 Å². The molecule has 2 rings (SSSR count). The molecule has 3 N–H and O–H groups in total. The topological polar surface area (TPSA) is 59.6 Å². The number of ether oxygens (including phenoxy) is 1. The lowest BCUT2D eigenvalue weighted by Gasteiger charge is -2.11. The third-order valence-corrected chi connectivity index (χ3v) is 4.21. The molecule has 1 aromatic carbocycles. The molecule has 1 aliphatic rings. The van der Waals surface area contributed by atoms with Crippen LogP contribution in [0.5, 0.6) is 5.75 Å². The van der Waals surface area contributed by atoms with Crippen molar-refractivity contribution in [3.05, 3.63) is 24.3 Å². The fraction of sp³-hybridized carbons (Fsp3) is 0.462. The summed E-state index contributed by atoms with van der Waals surface area (Å²) in [4.78, 5) is 4.21. The van der Waals surface area contributed by atoms with Gasteiger partial charge in [-0.15, -0.1) is 13.2 Å². The molecule has 0 saturated carbocycles. The lowest BCUT2D eigenvalue weighted by atomic mass is 10.2. The second kappa shape index (κ2) is 6.93. The number of nitrogens with one attached hydrogen (secondary N) is 1. The molecule has 8 heteroatoms. The number of hydrogen-bond donors (Lipinski definition) is 2. The Hall–Kier alpha value is -1.57. The molecule has 4 nitrogen and oxygen atoms in total. The van der Waals surface area contributed by atoms with Crippen LogP contribution in [0.3, 0.4) is 0 Å². The monoisotopic (exact) mass is 319 g/mol. The molecule has 0 radical (unpaired) electrons. The number of rotatable bonds is 4. The van der Waals surface area contributed by atoms with E-state index in [9.17, 15) is 13.2 Å². The van der Waals surface area contributed by atoms with E-state index in [1.807, 2.05) is 11.8 Å². The number of anilines is 1. The highest BCUT2D eigenvalue weighted by atomic mass is 32.2. The number of halogens is 3. The van der Waals surface area contributed by atoms with Gasteiger partial charge in [-0.1, -0.05) is 6.07 Å². The molecule has 1 fully saturated rings. The number of thioether (sulfide) groups is 1. The molecule has 0 bridgehead atoms. The Labute approximate surface area is 124 Å². The lowest BCUT2D eigenvalue weighted by Crippen LogP contribution is -2.24. The largest absolute Gasteiger partial charge is 0.573 e. The minimum absolute atomic E-state index is 0.187. The molecule has 1 heterocycles. The predicted octanol–water partition coefficient (Wildman–Crippen LogP) is 3.21. The number of guanidine groups is 1. The standard InChI is InChI=1S/C13H16F3N3OS/c14-13(15,16)20-10-4-1-3-9(7-10)19-12(17)18-8-11-5-2-6-21-11/h1,3-4,7,11H,2,5-6,8H2,(H3,17,18,19). The van der Waals surface area contributed by atoms with Crippen LogP contribution in [-0.4, -0.2) is 29.9 Å². The summed E-state index contributed by atoms with van der Waals surface area (Å²) < 4.78 is 40.2. The van der Waals surface area contributed by atoms with Gasteiger partial charge in [-0.2, -0.15) is 11.8 Å². The summed E-state index contributed by atoms with van der Waals surface area (Å²) >= 11 is 1.86. The van der Waals surface area contributed by atoms with E-state index in [4.69, 9.17) is 5.73 Å². The molecule has 1 saturated heterocycles. The van der Waals surface area contributed by atoms with Gasteiger partial charge in [0.15, 0.2) is 5.96 Å². The van der Waals surface area contributed by atoms with Crippen molar-refractivity contribution in [3.8, 4) is 5.75 Å². The fourth-order valence-corrected chi connectivity index (χ4v) is 3.13. The van der Waals surface area contributed by atoms with Gasteiger partial charge in [0, 0.05) is 17.0 Å². The van der Waals surface area contributed by atoms with Gasteiger partial charge in [-0.25, -0.2) is 0 Å². The molecule has 0 amide bonds. The molecule has 1 atom stereocenters. The van der Waals surface area contributed by atoms with Gasteiger partial charge in [-0.05, 0) is 30.7 Å². The molecule has 1 aromatic rings. The Morgan fingerprint density at radius 2 is 2.29 bits per heavy atom. The Morgan fingerprint density at radius 1 is 1.48 bits per heavy atom. The van der Waals surface area contributed by atoms with E-state index in [-0.39, 0.29) is 11.7 Å². The van der Waals surface area contributed by atoms with E-state index in [1.54, 1.807) is 6.07 Å². The van der Waals surface area contributed by atoms with Crippen molar-refractivity contribution < 1.29 is 17.9 Å². The molecule has 0 aliphatic carbocycles. The van der Waals surface area contributed by atoms with E-state index in [0.29, 0.717) is 17.5 Å². The normalized spacial score (nSPS) is 19.6. The van der Waals surface area contributed by atoms with Crippen LogP contribution >= 0.6 is 11.8 Å². The van der Waals surface area contributed by atoms with Crippen LogP contribution in [0.4, 0.5) is 18.9 Å². The Bertz CT molecular complexity index is 502. The van der Waals surface area contributed by atoms with Crippen LogP contribution in [0, 0.1) is 0 Å². The van der Waals surface area contributed by atoms with Gasteiger partial charge >= 0.3 is 6.36 Å². The molecule has 0 aromatic heterocycles. The van der Waals surface area contributed by atoms with E-state index in [2.05, 4.69) is 15.0 Å². The first-order valence-corrected chi connectivity index (χ1v) is 7.51. The number of nitrogens with zero attached hydrogens (tertiary/aromatic N) is 1. The van der Waals surface area contributed by atoms with E-state index >= 15 is 0 Å². The fourth-order valence-electron chi connectivity index (χ4n) is 1.95. The Balaban J connectivity index is 1.92. The molecule has 116 valence electrons. The molecule has 1 unspecified atom stereocenters. The molecule has 1 aliphatic heterocycles. The van der Waals surface area contributed by atoms with E-state index in [1.165, 1.54) is 24.6 Å². The number of benzene rings is 1. The van der Waals surface area contributed by atoms with Gasteiger partial charge < -0.3 is 15.8 Å². The van der Waals surface area contributed by atoms with Crippen LogP contribution in [0.2, 0.25) is 0 Å². The van der Waals surface area contributed by atoms with Gasteiger partial charge in [0.25, 0.3) is 0 Å². The van der Waals surface area contributed by atoms with Crippen LogP contribution < -0.4 is 15.8 Å². The van der Waals surface area contributed by atoms with Gasteiger partial charge in [0.1, 0.15) is 5.75 Å². The van der Waals surface area contributed by atoms with Crippen molar-refractivity contribution in [2.45, 2.75) is 24.5 Å². The summed E-state index contributed by atoms with van der Waals surface area (Å²) in [5.41, 5.74) is 6.13. The highest BCUT2D eigenvalue weighted by Crippen LogP contribution is 2.26. The first kappa shape index (κ1) is 15.8. The summed E-state index contributed by atoms with van der Waals surface area (Å²) in [7, 11) is 0. The minimum atomic E-state index is -4.71.